The number of rotatable bonds is 4. The summed E-state index contributed by atoms with van der Waals surface area (Å²) in [7, 11) is 0. The first kappa shape index (κ1) is 16.2. The molecule has 0 radical (unpaired) electrons. The molecule has 2 atom stereocenters. The summed E-state index contributed by atoms with van der Waals surface area (Å²) < 4.78 is 0. The Morgan fingerprint density at radius 2 is 1.79 bits per heavy atom. The molecule has 24 heavy (non-hydrogen) atoms. The highest BCUT2D eigenvalue weighted by Crippen LogP contribution is 2.44. The van der Waals surface area contributed by atoms with E-state index in [0.717, 1.165) is 55.9 Å². The van der Waals surface area contributed by atoms with Crippen LogP contribution in [0.5, 0.6) is 0 Å². The maximum Gasteiger partial charge on any atom is 0.236 e. The van der Waals surface area contributed by atoms with Crippen molar-refractivity contribution in [1.29, 1.82) is 0 Å². The van der Waals surface area contributed by atoms with Crippen LogP contribution in [0.25, 0.3) is 6.08 Å². The first-order valence-corrected chi connectivity index (χ1v) is 9.49. The molecule has 2 unspecified atom stereocenters. The summed E-state index contributed by atoms with van der Waals surface area (Å²) in [6.07, 6.45) is 8.01. The summed E-state index contributed by atoms with van der Waals surface area (Å²) in [4.78, 5) is 16.9. The lowest BCUT2D eigenvalue weighted by Gasteiger charge is -2.32. The highest BCUT2D eigenvalue weighted by molar-refractivity contribution is 6.30. The Kier molecular flexibility index (Phi) is 4.64. The monoisotopic (exact) mass is 344 g/mol. The zero-order chi connectivity index (χ0) is 16.5. The number of carbonyl (C=O) groups excluding carboxylic acids is 1. The second kappa shape index (κ2) is 6.89. The molecular weight excluding hydrogens is 320 g/mol. The number of nitrogens with zero attached hydrogens (tertiary/aromatic N) is 2. The predicted octanol–water partition coefficient (Wildman–Crippen LogP) is 3.54. The van der Waals surface area contributed by atoms with Gasteiger partial charge in [0.2, 0.25) is 5.91 Å². The third-order valence-electron chi connectivity index (χ3n) is 5.74. The van der Waals surface area contributed by atoms with Gasteiger partial charge in [0, 0.05) is 31.2 Å². The predicted molar refractivity (Wildman–Crippen MR) is 97.8 cm³/mol. The van der Waals surface area contributed by atoms with Crippen molar-refractivity contribution in [2.75, 3.05) is 32.7 Å². The van der Waals surface area contributed by atoms with Crippen LogP contribution in [-0.4, -0.2) is 48.4 Å². The van der Waals surface area contributed by atoms with E-state index < -0.39 is 0 Å². The van der Waals surface area contributed by atoms with E-state index >= 15 is 0 Å². The lowest BCUT2D eigenvalue weighted by atomic mass is 9.95. The van der Waals surface area contributed by atoms with E-state index in [0.29, 0.717) is 18.4 Å². The first-order chi connectivity index (χ1) is 11.7. The van der Waals surface area contributed by atoms with Crippen molar-refractivity contribution in [2.45, 2.75) is 19.3 Å². The number of benzene rings is 1. The van der Waals surface area contributed by atoms with Crippen LogP contribution in [0.3, 0.4) is 0 Å². The standard InChI is InChI=1S/C20H25ClN2O/c21-19-5-3-15(4-6-19)1-2-16-7-9-23(10-8-16)20(24)14-22-12-17-11-18(17)13-22/h1-6,16-18H,7-14H2/b2-1+. The van der Waals surface area contributed by atoms with Crippen LogP contribution in [-0.2, 0) is 4.79 Å². The molecule has 3 nitrogen and oxygen atoms in total. The van der Waals surface area contributed by atoms with Crippen molar-refractivity contribution in [3.05, 3.63) is 40.9 Å². The fraction of sp³-hybridized carbons (Fsp3) is 0.550. The molecule has 1 aliphatic carbocycles. The van der Waals surface area contributed by atoms with Crippen LogP contribution in [0.15, 0.2) is 30.3 Å². The molecule has 3 fully saturated rings. The number of piperidine rings is 2. The third-order valence-corrected chi connectivity index (χ3v) is 5.99. The van der Waals surface area contributed by atoms with Crippen molar-refractivity contribution in [1.82, 2.24) is 9.80 Å². The molecule has 0 bridgehead atoms. The highest BCUT2D eigenvalue weighted by atomic mass is 35.5. The van der Waals surface area contributed by atoms with Crippen LogP contribution in [0.1, 0.15) is 24.8 Å². The maximum absolute atomic E-state index is 12.4. The Hall–Kier alpha value is -1.32. The second-order valence-electron chi connectivity index (χ2n) is 7.58. The van der Waals surface area contributed by atoms with Crippen LogP contribution >= 0.6 is 11.6 Å². The van der Waals surface area contributed by atoms with Gasteiger partial charge in [0.05, 0.1) is 6.54 Å². The maximum atomic E-state index is 12.4. The van der Waals surface area contributed by atoms with Gasteiger partial charge < -0.3 is 4.90 Å². The Labute approximate surface area is 149 Å². The molecule has 4 heteroatoms. The van der Waals surface area contributed by atoms with Crippen molar-refractivity contribution < 1.29 is 4.79 Å². The molecule has 0 spiro atoms. The van der Waals surface area contributed by atoms with Crippen LogP contribution in [0, 0.1) is 17.8 Å². The van der Waals surface area contributed by atoms with Gasteiger partial charge in [0.1, 0.15) is 0 Å². The van der Waals surface area contributed by atoms with Gasteiger partial charge in [-0.05, 0) is 54.7 Å². The average Bonchev–Trinajstić information content (AvgIpc) is 3.21. The third kappa shape index (κ3) is 3.84. The molecule has 0 aromatic heterocycles. The highest BCUT2D eigenvalue weighted by Gasteiger charge is 2.45. The lowest BCUT2D eigenvalue weighted by molar-refractivity contribution is -0.133. The summed E-state index contributed by atoms with van der Waals surface area (Å²) in [5, 5.41) is 0.772. The van der Waals surface area contributed by atoms with Crippen LogP contribution < -0.4 is 0 Å². The van der Waals surface area contributed by atoms with Gasteiger partial charge in [0.15, 0.2) is 0 Å². The van der Waals surface area contributed by atoms with Gasteiger partial charge in [0.25, 0.3) is 0 Å². The molecule has 1 saturated carbocycles. The molecule has 1 aromatic carbocycles. The minimum Gasteiger partial charge on any atom is -0.342 e. The van der Waals surface area contributed by atoms with E-state index in [1.54, 1.807) is 0 Å². The fourth-order valence-corrected chi connectivity index (χ4v) is 4.20. The van der Waals surface area contributed by atoms with Gasteiger partial charge in [-0.1, -0.05) is 35.9 Å². The quantitative estimate of drug-likeness (QED) is 0.834. The molecule has 2 heterocycles. The average molecular weight is 345 g/mol. The van der Waals surface area contributed by atoms with Gasteiger partial charge in [-0.3, -0.25) is 9.69 Å². The topological polar surface area (TPSA) is 23.6 Å². The second-order valence-corrected chi connectivity index (χ2v) is 8.02. The number of carbonyl (C=O) groups is 1. The lowest BCUT2D eigenvalue weighted by Crippen LogP contribution is -2.43. The van der Waals surface area contributed by atoms with E-state index in [4.69, 9.17) is 11.6 Å². The van der Waals surface area contributed by atoms with E-state index in [-0.39, 0.29) is 0 Å². The Balaban J connectivity index is 1.22. The number of amides is 1. The summed E-state index contributed by atoms with van der Waals surface area (Å²) >= 11 is 5.91. The zero-order valence-electron chi connectivity index (χ0n) is 14.0. The number of allylic oxidation sites excluding steroid dienone is 1. The van der Waals surface area contributed by atoms with Gasteiger partial charge >= 0.3 is 0 Å². The van der Waals surface area contributed by atoms with Crippen molar-refractivity contribution in [3.8, 4) is 0 Å². The molecule has 2 saturated heterocycles. The van der Waals surface area contributed by atoms with Crippen molar-refractivity contribution >= 4 is 23.6 Å². The molecule has 0 N–H and O–H groups in total. The summed E-state index contributed by atoms with van der Waals surface area (Å²) in [5.41, 5.74) is 1.19. The number of halogens is 1. The number of hydrogen-bond acceptors (Lipinski definition) is 2. The molecule has 1 aromatic rings. The Morgan fingerprint density at radius 1 is 1.12 bits per heavy atom. The smallest absolute Gasteiger partial charge is 0.236 e. The minimum absolute atomic E-state index is 0.330. The summed E-state index contributed by atoms with van der Waals surface area (Å²) in [6, 6.07) is 7.92. The van der Waals surface area contributed by atoms with Crippen LogP contribution in [0.4, 0.5) is 0 Å². The van der Waals surface area contributed by atoms with E-state index in [9.17, 15) is 4.79 Å². The molecule has 1 amide bonds. The van der Waals surface area contributed by atoms with E-state index in [1.165, 1.54) is 12.0 Å². The molecule has 128 valence electrons. The zero-order valence-corrected chi connectivity index (χ0v) is 14.8. The van der Waals surface area contributed by atoms with E-state index in [2.05, 4.69) is 22.0 Å². The largest absolute Gasteiger partial charge is 0.342 e. The molecule has 3 aliphatic rings. The van der Waals surface area contributed by atoms with Gasteiger partial charge in [-0.2, -0.15) is 0 Å². The first-order valence-electron chi connectivity index (χ1n) is 9.11. The Morgan fingerprint density at radius 3 is 2.46 bits per heavy atom. The van der Waals surface area contributed by atoms with Gasteiger partial charge in [-0.15, -0.1) is 0 Å². The number of fused-ring (bicyclic) bond motifs is 1. The number of hydrogen-bond donors (Lipinski definition) is 0. The van der Waals surface area contributed by atoms with Crippen molar-refractivity contribution in [2.24, 2.45) is 17.8 Å². The molecule has 4 rings (SSSR count). The Bertz CT molecular complexity index is 609. The summed E-state index contributed by atoms with van der Waals surface area (Å²) in [6.45, 7) is 4.73. The SMILES string of the molecule is O=C(CN1CC2CC2C1)N1CCC(/C=C/c2ccc(Cl)cc2)CC1. The van der Waals surface area contributed by atoms with Crippen molar-refractivity contribution in [3.63, 3.8) is 0 Å². The normalized spacial score (nSPS) is 27.6. The van der Waals surface area contributed by atoms with Crippen LogP contribution in [0.2, 0.25) is 5.02 Å². The minimum atomic E-state index is 0.330. The molecular formula is C20H25ClN2O. The fourth-order valence-electron chi connectivity index (χ4n) is 4.08. The van der Waals surface area contributed by atoms with Gasteiger partial charge in [-0.25, -0.2) is 0 Å². The van der Waals surface area contributed by atoms with E-state index in [1.807, 2.05) is 24.3 Å². The number of likely N-dealkylation sites (tertiary alicyclic amines) is 2. The summed E-state index contributed by atoms with van der Waals surface area (Å²) in [5.74, 6) is 2.71. The molecule has 2 aliphatic heterocycles.